The molecule has 0 atom stereocenters. The lowest BCUT2D eigenvalue weighted by atomic mass is 10.1. The van der Waals surface area contributed by atoms with Gasteiger partial charge in [-0.2, -0.15) is 0 Å². The summed E-state index contributed by atoms with van der Waals surface area (Å²) in [5.74, 6) is 0.704. The fourth-order valence-electron chi connectivity index (χ4n) is 1.94. The fourth-order valence-corrected chi connectivity index (χ4v) is 2.16. The Kier molecular flexibility index (Phi) is 5.05. The molecule has 0 bridgehead atoms. The highest BCUT2D eigenvalue weighted by Crippen LogP contribution is 2.22. The van der Waals surface area contributed by atoms with Crippen molar-refractivity contribution in [1.82, 2.24) is 9.97 Å². The van der Waals surface area contributed by atoms with Crippen LogP contribution in [0.3, 0.4) is 0 Å². The van der Waals surface area contributed by atoms with Crippen molar-refractivity contribution in [3.8, 4) is 0 Å². The maximum Gasteiger partial charge on any atom is 0.269 e. The maximum atomic E-state index is 10.6. The summed E-state index contributed by atoms with van der Waals surface area (Å²) >= 11 is 6.08. The van der Waals surface area contributed by atoms with E-state index in [0.29, 0.717) is 17.5 Å². The summed E-state index contributed by atoms with van der Waals surface area (Å²) in [5.41, 5.74) is 1.90. The van der Waals surface area contributed by atoms with Crippen LogP contribution in [0, 0.1) is 10.1 Å². The van der Waals surface area contributed by atoms with Crippen LogP contribution in [-0.4, -0.2) is 14.9 Å². The molecule has 2 rings (SSSR count). The first-order chi connectivity index (χ1) is 10.1. The van der Waals surface area contributed by atoms with E-state index in [1.54, 1.807) is 12.1 Å². The average Bonchev–Trinajstić information content (AvgIpc) is 2.48. The molecule has 0 amide bonds. The summed E-state index contributed by atoms with van der Waals surface area (Å²) in [6.07, 6.45) is 3.15. The molecule has 7 heteroatoms. The molecule has 0 aliphatic rings. The van der Waals surface area contributed by atoms with Crippen molar-refractivity contribution < 1.29 is 4.92 Å². The first-order valence-corrected chi connectivity index (χ1v) is 6.96. The molecule has 0 radical (unpaired) electrons. The number of hydrogen-bond donors (Lipinski definition) is 1. The highest BCUT2D eigenvalue weighted by Gasteiger charge is 2.09. The lowest BCUT2D eigenvalue weighted by molar-refractivity contribution is -0.384. The molecule has 0 aliphatic heterocycles. The van der Waals surface area contributed by atoms with Gasteiger partial charge in [0.25, 0.3) is 5.69 Å². The van der Waals surface area contributed by atoms with Crippen LogP contribution in [0.2, 0.25) is 5.15 Å². The van der Waals surface area contributed by atoms with Crippen LogP contribution in [0.1, 0.15) is 24.5 Å². The molecular weight excluding hydrogens is 292 g/mol. The van der Waals surface area contributed by atoms with Crippen molar-refractivity contribution in [3.05, 3.63) is 57.0 Å². The van der Waals surface area contributed by atoms with Crippen molar-refractivity contribution in [2.24, 2.45) is 0 Å². The van der Waals surface area contributed by atoms with Gasteiger partial charge < -0.3 is 5.32 Å². The largest absolute Gasteiger partial charge is 0.366 e. The molecule has 2 aromatic rings. The number of benzene rings is 1. The van der Waals surface area contributed by atoms with Gasteiger partial charge in [0, 0.05) is 24.2 Å². The number of nitro groups is 1. The van der Waals surface area contributed by atoms with E-state index in [9.17, 15) is 10.1 Å². The van der Waals surface area contributed by atoms with E-state index < -0.39 is 4.92 Å². The van der Waals surface area contributed by atoms with Gasteiger partial charge in [0.15, 0.2) is 0 Å². The van der Waals surface area contributed by atoms with Gasteiger partial charge in [0.1, 0.15) is 17.3 Å². The zero-order valence-corrected chi connectivity index (χ0v) is 12.3. The Balaban J connectivity index is 2.09. The second-order valence-electron chi connectivity index (χ2n) is 4.52. The zero-order valence-electron chi connectivity index (χ0n) is 11.5. The van der Waals surface area contributed by atoms with E-state index in [-0.39, 0.29) is 5.69 Å². The summed E-state index contributed by atoms with van der Waals surface area (Å²) in [6.45, 7) is 2.57. The minimum absolute atomic E-state index is 0.0792. The molecule has 6 nitrogen and oxygen atoms in total. The molecule has 0 fully saturated rings. The van der Waals surface area contributed by atoms with Crippen molar-refractivity contribution in [2.75, 3.05) is 5.32 Å². The topological polar surface area (TPSA) is 81.0 Å². The van der Waals surface area contributed by atoms with Crippen LogP contribution in [0.4, 0.5) is 11.5 Å². The second-order valence-corrected chi connectivity index (χ2v) is 4.88. The minimum atomic E-state index is -0.416. The molecule has 0 spiro atoms. The number of nitro benzene ring substituents is 1. The Morgan fingerprint density at radius 1 is 1.29 bits per heavy atom. The van der Waals surface area contributed by atoms with Crippen LogP contribution in [0.15, 0.2) is 30.6 Å². The number of nitrogens with one attached hydrogen (secondary N) is 1. The molecule has 1 N–H and O–H groups in total. The van der Waals surface area contributed by atoms with Gasteiger partial charge in [-0.1, -0.05) is 37.1 Å². The van der Waals surface area contributed by atoms with Crippen LogP contribution in [0.5, 0.6) is 0 Å². The van der Waals surface area contributed by atoms with Gasteiger partial charge in [-0.3, -0.25) is 10.1 Å². The molecule has 1 heterocycles. The van der Waals surface area contributed by atoms with Gasteiger partial charge >= 0.3 is 0 Å². The van der Waals surface area contributed by atoms with E-state index >= 15 is 0 Å². The molecule has 1 aromatic carbocycles. The molecule has 0 unspecified atom stereocenters. The highest BCUT2D eigenvalue weighted by molar-refractivity contribution is 6.30. The third-order valence-electron chi connectivity index (χ3n) is 3.00. The zero-order chi connectivity index (χ0) is 15.2. The lowest BCUT2D eigenvalue weighted by Gasteiger charge is -2.11. The van der Waals surface area contributed by atoms with Gasteiger partial charge in [0.05, 0.1) is 4.92 Å². The predicted molar refractivity (Wildman–Crippen MR) is 81.5 cm³/mol. The Morgan fingerprint density at radius 2 is 2.00 bits per heavy atom. The van der Waals surface area contributed by atoms with Crippen molar-refractivity contribution in [3.63, 3.8) is 0 Å². The second kappa shape index (κ2) is 6.99. The Hall–Kier alpha value is -2.21. The molecule has 1 aromatic heterocycles. The lowest BCUT2D eigenvalue weighted by Crippen LogP contribution is -2.06. The SMILES string of the molecule is CCCc1c(Cl)ncnc1NCc1ccc([N+](=O)[O-])cc1. The Labute approximate surface area is 127 Å². The summed E-state index contributed by atoms with van der Waals surface area (Å²) in [6, 6.07) is 6.40. The van der Waals surface area contributed by atoms with Crippen molar-refractivity contribution >= 4 is 23.1 Å². The first kappa shape index (κ1) is 15.2. The number of anilines is 1. The predicted octanol–water partition coefficient (Wildman–Crippen LogP) is 3.60. The quantitative estimate of drug-likeness (QED) is 0.501. The average molecular weight is 307 g/mol. The summed E-state index contributed by atoms with van der Waals surface area (Å²) in [4.78, 5) is 18.4. The van der Waals surface area contributed by atoms with Gasteiger partial charge in [-0.25, -0.2) is 9.97 Å². The van der Waals surface area contributed by atoms with Crippen LogP contribution < -0.4 is 5.32 Å². The maximum absolute atomic E-state index is 10.6. The van der Waals surface area contributed by atoms with Crippen LogP contribution in [-0.2, 0) is 13.0 Å². The fraction of sp³-hybridized carbons (Fsp3) is 0.286. The van der Waals surface area contributed by atoms with Crippen molar-refractivity contribution in [2.45, 2.75) is 26.3 Å². The smallest absolute Gasteiger partial charge is 0.269 e. The summed E-state index contributed by atoms with van der Waals surface area (Å²) in [5, 5.41) is 14.3. The van der Waals surface area contributed by atoms with E-state index in [4.69, 9.17) is 11.6 Å². The van der Waals surface area contributed by atoms with E-state index in [1.807, 2.05) is 0 Å². The summed E-state index contributed by atoms with van der Waals surface area (Å²) < 4.78 is 0. The van der Waals surface area contributed by atoms with Gasteiger partial charge in [0.2, 0.25) is 0 Å². The number of nitrogens with zero attached hydrogens (tertiary/aromatic N) is 3. The van der Waals surface area contributed by atoms with Crippen LogP contribution >= 0.6 is 11.6 Å². The third-order valence-corrected chi connectivity index (χ3v) is 3.33. The normalized spacial score (nSPS) is 10.4. The minimum Gasteiger partial charge on any atom is -0.366 e. The van der Waals surface area contributed by atoms with E-state index in [2.05, 4.69) is 22.2 Å². The molecule has 0 saturated carbocycles. The monoisotopic (exact) mass is 306 g/mol. The molecule has 0 saturated heterocycles. The standard InChI is InChI=1S/C14H15ClN4O2/c1-2-3-12-13(15)17-9-18-14(12)16-8-10-4-6-11(7-5-10)19(20)21/h4-7,9H,2-3,8H2,1H3,(H,16,17,18). The van der Waals surface area contributed by atoms with Gasteiger partial charge in [-0.05, 0) is 12.0 Å². The Morgan fingerprint density at radius 3 is 2.62 bits per heavy atom. The van der Waals surface area contributed by atoms with E-state index in [1.165, 1.54) is 18.5 Å². The van der Waals surface area contributed by atoms with E-state index in [0.717, 1.165) is 24.0 Å². The first-order valence-electron chi connectivity index (χ1n) is 6.58. The Bertz CT molecular complexity index is 631. The molecule has 21 heavy (non-hydrogen) atoms. The highest BCUT2D eigenvalue weighted by atomic mass is 35.5. The molecule has 110 valence electrons. The number of halogens is 1. The molecule has 0 aliphatic carbocycles. The van der Waals surface area contributed by atoms with Gasteiger partial charge in [-0.15, -0.1) is 0 Å². The van der Waals surface area contributed by atoms with Crippen LogP contribution in [0.25, 0.3) is 0 Å². The summed E-state index contributed by atoms with van der Waals surface area (Å²) in [7, 11) is 0. The molecular formula is C14H15ClN4O2. The number of hydrogen-bond acceptors (Lipinski definition) is 5. The number of non-ortho nitro benzene ring substituents is 1. The number of rotatable bonds is 6. The van der Waals surface area contributed by atoms with Crippen molar-refractivity contribution in [1.29, 1.82) is 0 Å². The number of aromatic nitrogens is 2. The third kappa shape index (κ3) is 3.88.